The first-order chi connectivity index (χ1) is 15.4. The third kappa shape index (κ3) is 7.36. The van der Waals surface area contributed by atoms with Gasteiger partial charge in [0.05, 0.1) is 15.6 Å². The zero-order chi connectivity index (χ0) is 22.9. The van der Waals surface area contributed by atoms with Gasteiger partial charge in [0.15, 0.2) is 6.61 Å². The summed E-state index contributed by atoms with van der Waals surface area (Å²) in [5.41, 5.74) is 6.26. The Morgan fingerprint density at radius 1 is 0.781 bits per heavy atom. The molecule has 0 spiro atoms. The summed E-state index contributed by atoms with van der Waals surface area (Å²) in [4.78, 5) is 24.3. The highest BCUT2D eigenvalue weighted by Crippen LogP contribution is 2.28. The van der Waals surface area contributed by atoms with Crippen LogP contribution in [-0.2, 0) is 11.2 Å². The fourth-order valence-corrected chi connectivity index (χ4v) is 4.31. The van der Waals surface area contributed by atoms with Crippen molar-refractivity contribution in [2.24, 2.45) is 0 Å². The molecule has 0 saturated heterocycles. The molecule has 0 aliphatic heterocycles. The molecular weight excluding hydrogens is 608 g/mol. The van der Waals surface area contributed by atoms with Crippen molar-refractivity contribution in [3.8, 4) is 11.5 Å². The van der Waals surface area contributed by atoms with Crippen molar-refractivity contribution in [1.82, 2.24) is 10.9 Å². The SMILES string of the molecule is O=C(COc1ccc(Br)cc1Br)NNC(=O)c1ccc(OCCc2ccccc2)c(Br)c1. The fraction of sp³-hybridized carbons (Fsp3) is 0.130. The van der Waals surface area contributed by atoms with Crippen LogP contribution in [0.5, 0.6) is 11.5 Å². The van der Waals surface area contributed by atoms with Gasteiger partial charge in [-0.25, -0.2) is 0 Å². The van der Waals surface area contributed by atoms with Crippen LogP contribution in [-0.4, -0.2) is 25.0 Å². The Bertz CT molecular complexity index is 1090. The Morgan fingerprint density at radius 2 is 1.47 bits per heavy atom. The third-order valence-corrected chi connectivity index (χ3v) is 5.99. The van der Waals surface area contributed by atoms with Crippen LogP contribution < -0.4 is 20.3 Å². The van der Waals surface area contributed by atoms with E-state index in [0.29, 0.717) is 32.6 Å². The predicted octanol–water partition coefficient (Wildman–Crippen LogP) is 5.44. The lowest BCUT2D eigenvalue weighted by molar-refractivity contribution is -0.123. The fourth-order valence-electron chi connectivity index (χ4n) is 2.65. The minimum absolute atomic E-state index is 0.252. The van der Waals surface area contributed by atoms with Crippen molar-refractivity contribution in [2.45, 2.75) is 6.42 Å². The number of nitrogens with one attached hydrogen (secondary N) is 2. The molecule has 0 fully saturated rings. The van der Waals surface area contributed by atoms with E-state index in [1.54, 1.807) is 30.3 Å². The van der Waals surface area contributed by atoms with Crippen LogP contribution in [0.1, 0.15) is 15.9 Å². The molecule has 3 aromatic rings. The summed E-state index contributed by atoms with van der Waals surface area (Å²) in [6, 6.07) is 20.3. The van der Waals surface area contributed by atoms with Crippen molar-refractivity contribution < 1.29 is 19.1 Å². The second-order valence-electron chi connectivity index (χ2n) is 6.59. The molecule has 2 amide bonds. The number of ether oxygens (including phenoxy) is 2. The van der Waals surface area contributed by atoms with Gasteiger partial charge in [0.25, 0.3) is 11.8 Å². The lowest BCUT2D eigenvalue weighted by atomic mass is 10.2. The molecule has 0 aromatic heterocycles. The largest absolute Gasteiger partial charge is 0.492 e. The summed E-state index contributed by atoms with van der Waals surface area (Å²) in [6.45, 7) is 0.261. The Kier molecular flexibility index (Phi) is 9.13. The van der Waals surface area contributed by atoms with E-state index in [4.69, 9.17) is 9.47 Å². The Balaban J connectivity index is 1.45. The van der Waals surface area contributed by atoms with Gasteiger partial charge in [0, 0.05) is 16.5 Å². The normalized spacial score (nSPS) is 10.3. The topological polar surface area (TPSA) is 76.7 Å². The van der Waals surface area contributed by atoms with Crippen molar-refractivity contribution in [3.63, 3.8) is 0 Å². The van der Waals surface area contributed by atoms with Crippen LogP contribution in [0.25, 0.3) is 0 Å². The van der Waals surface area contributed by atoms with Gasteiger partial charge in [0.2, 0.25) is 0 Å². The molecule has 0 atom stereocenters. The molecule has 0 unspecified atom stereocenters. The first-order valence-corrected chi connectivity index (χ1v) is 11.9. The maximum absolute atomic E-state index is 12.3. The molecule has 0 heterocycles. The van der Waals surface area contributed by atoms with Gasteiger partial charge in [-0.05, 0) is 73.8 Å². The second kappa shape index (κ2) is 12.0. The second-order valence-corrected chi connectivity index (χ2v) is 9.22. The smallest absolute Gasteiger partial charge is 0.276 e. The molecule has 6 nitrogen and oxygen atoms in total. The van der Waals surface area contributed by atoms with Crippen molar-refractivity contribution in [2.75, 3.05) is 13.2 Å². The van der Waals surface area contributed by atoms with E-state index >= 15 is 0 Å². The minimum Gasteiger partial charge on any atom is -0.492 e. The highest BCUT2D eigenvalue weighted by molar-refractivity contribution is 9.11. The lowest BCUT2D eigenvalue weighted by Gasteiger charge is -2.12. The van der Waals surface area contributed by atoms with Crippen LogP contribution in [0.4, 0.5) is 0 Å². The number of hydrogen-bond donors (Lipinski definition) is 2. The molecule has 166 valence electrons. The number of hydrogen-bond acceptors (Lipinski definition) is 4. The van der Waals surface area contributed by atoms with E-state index in [9.17, 15) is 9.59 Å². The van der Waals surface area contributed by atoms with Gasteiger partial charge in [-0.1, -0.05) is 46.3 Å². The summed E-state index contributed by atoms with van der Waals surface area (Å²) in [6.07, 6.45) is 0.778. The van der Waals surface area contributed by atoms with Crippen LogP contribution >= 0.6 is 47.8 Å². The molecule has 2 N–H and O–H groups in total. The monoisotopic (exact) mass is 624 g/mol. The van der Waals surface area contributed by atoms with Crippen molar-refractivity contribution in [1.29, 1.82) is 0 Å². The maximum Gasteiger partial charge on any atom is 0.276 e. The van der Waals surface area contributed by atoms with Gasteiger partial charge in [0.1, 0.15) is 11.5 Å². The first-order valence-electron chi connectivity index (χ1n) is 9.55. The summed E-state index contributed by atoms with van der Waals surface area (Å²) in [7, 11) is 0. The van der Waals surface area contributed by atoms with E-state index in [2.05, 4.69) is 58.6 Å². The highest BCUT2D eigenvalue weighted by atomic mass is 79.9. The van der Waals surface area contributed by atoms with Gasteiger partial charge in [-0.2, -0.15) is 0 Å². The number of carbonyl (C=O) groups excluding carboxylic acids is 2. The molecule has 3 rings (SSSR count). The van der Waals surface area contributed by atoms with E-state index in [-0.39, 0.29) is 6.61 Å². The zero-order valence-electron chi connectivity index (χ0n) is 16.7. The van der Waals surface area contributed by atoms with Crippen LogP contribution in [0, 0.1) is 0 Å². The number of rotatable bonds is 8. The number of halogens is 3. The number of amides is 2. The molecule has 0 bridgehead atoms. The highest BCUT2D eigenvalue weighted by Gasteiger charge is 2.12. The molecule has 0 aliphatic rings. The van der Waals surface area contributed by atoms with Gasteiger partial charge in [-0.3, -0.25) is 20.4 Å². The summed E-state index contributed by atoms with van der Waals surface area (Å²) < 4.78 is 13.5. The summed E-state index contributed by atoms with van der Waals surface area (Å²) >= 11 is 10.1. The molecule has 0 aliphatic carbocycles. The van der Waals surface area contributed by atoms with E-state index in [0.717, 1.165) is 10.9 Å². The van der Waals surface area contributed by atoms with Crippen molar-refractivity contribution >= 4 is 59.6 Å². The van der Waals surface area contributed by atoms with Crippen LogP contribution in [0.15, 0.2) is 80.1 Å². The quantitative estimate of drug-likeness (QED) is 0.327. The predicted molar refractivity (Wildman–Crippen MR) is 133 cm³/mol. The van der Waals surface area contributed by atoms with Gasteiger partial charge >= 0.3 is 0 Å². The average molecular weight is 627 g/mol. The molecule has 0 saturated carbocycles. The minimum atomic E-state index is -0.493. The number of benzene rings is 3. The lowest BCUT2D eigenvalue weighted by Crippen LogP contribution is -2.43. The maximum atomic E-state index is 12.3. The Morgan fingerprint density at radius 3 is 2.19 bits per heavy atom. The average Bonchev–Trinajstić information content (AvgIpc) is 2.78. The van der Waals surface area contributed by atoms with Gasteiger partial charge in [-0.15, -0.1) is 0 Å². The molecule has 9 heteroatoms. The number of carbonyl (C=O) groups is 2. The van der Waals surface area contributed by atoms with E-state index in [1.165, 1.54) is 5.56 Å². The third-order valence-electron chi connectivity index (χ3n) is 4.25. The summed E-state index contributed by atoms with van der Waals surface area (Å²) in [5.74, 6) is 0.198. The molecule has 0 radical (unpaired) electrons. The molecular formula is C23H19Br3N2O4. The first kappa shape index (κ1) is 24.3. The van der Waals surface area contributed by atoms with Crippen molar-refractivity contribution in [3.05, 3.63) is 91.3 Å². The zero-order valence-corrected chi connectivity index (χ0v) is 21.5. The van der Waals surface area contributed by atoms with E-state index < -0.39 is 11.8 Å². The van der Waals surface area contributed by atoms with Crippen LogP contribution in [0.3, 0.4) is 0 Å². The Labute approximate surface area is 211 Å². The molecule has 32 heavy (non-hydrogen) atoms. The molecule has 3 aromatic carbocycles. The standard InChI is InChI=1S/C23H19Br3N2O4/c24-17-7-9-21(19(26)13-17)32-14-22(29)27-28-23(30)16-6-8-20(18(25)12-16)31-11-10-15-4-2-1-3-5-15/h1-9,12-13H,10-11,14H2,(H,27,29)(H,28,30). The number of hydrazine groups is 1. The van der Waals surface area contributed by atoms with Crippen LogP contribution in [0.2, 0.25) is 0 Å². The van der Waals surface area contributed by atoms with E-state index in [1.807, 2.05) is 36.4 Å². The summed E-state index contributed by atoms with van der Waals surface area (Å²) in [5, 5.41) is 0. The Hall–Kier alpha value is -2.36. The van der Waals surface area contributed by atoms with Gasteiger partial charge < -0.3 is 9.47 Å².